The number of benzene rings is 1. The molecule has 0 saturated carbocycles. The van der Waals surface area contributed by atoms with Gasteiger partial charge in [0.1, 0.15) is 5.50 Å². The first-order valence-corrected chi connectivity index (χ1v) is 4.13. The lowest BCUT2D eigenvalue weighted by Crippen LogP contribution is -2.41. The van der Waals surface area contributed by atoms with Gasteiger partial charge < -0.3 is 10.6 Å². The number of fused-ring (bicyclic) bond motifs is 1. The van der Waals surface area contributed by atoms with Gasteiger partial charge in [0, 0.05) is 5.69 Å². The molecule has 0 fully saturated rings. The molecule has 2 N–H and O–H groups in total. The van der Waals surface area contributed by atoms with Crippen molar-refractivity contribution < 1.29 is 4.79 Å². The molecule has 1 atom stereocenters. The van der Waals surface area contributed by atoms with Crippen molar-refractivity contribution in [2.45, 2.75) is 5.50 Å². The van der Waals surface area contributed by atoms with Gasteiger partial charge in [0.05, 0.1) is 5.56 Å². The Morgan fingerprint density at radius 2 is 2.00 bits per heavy atom. The summed E-state index contributed by atoms with van der Waals surface area (Å²) in [5.41, 5.74) is 1.22. The van der Waals surface area contributed by atoms with Crippen molar-refractivity contribution in [2.24, 2.45) is 0 Å². The third-order valence-corrected chi connectivity index (χ3v) is 1.99. The molecule has 0 bridgehead atoms. The number of rotatable bonds is 0. The fourth-order valence-electron chi connectivity index (χ4n) is 1.19. The highest BCUT2D eigenvalue weighted by molar-refractivity contribution is 7.81. The molecule has 4 heteroatoms. The highest BCUT2D eigenvalue weighted by Crippen LogP contribution is 2.19. The van der Waals surface area contributed by atoms with E-state index in [-0.39, 0.29) is 11.4 Å². The lowest BCUT2D eigenvalue weighted by molar-refractivity contribution is 0.0949. The molecule has 2 rings (SSSR count). The highest BCUT2D eigenvalue weighted by Gasteiger charge is 2.19. The van der Waals surface area contributed by atoms with Gasteiger partial charge in [-0.15, -0.1) is 12.6 Å². The summed E-state index contributed by atoms with van der Waals surface area (Å²) in [6.45, 7) is 0. The summed E-state index contributed by atoms with van der Waals surface area (Å²) in [7, 11) is 0. The number of nitrogens with one attached hydrogen (secondary N) is 2. The van der Waals surface area contributed by atoms with E-state index in [1.54, 1.807) is 6.07 Å². The topological polar surface area (TPSA) is 41.1 Å². The minimum Gasteiger partial charge on any atom is -0.356 e. The van der Waals surface area contributed by atoms with E-state index in [1.807, 2.05) is 18.2 Å². The molecule has 0 spiro atoms. The first-order chi connectivity index (χ1) is 5.77. The Labute approximate surface area is 75.6 Å². The Morgan fingerprint density at radius 3 is 2.83 bits per heavy atom. The molecule has 1 unspecified atom stereocenters. The van der Waals surface area contributed by atoms with Crippen molar-refractivity contribution in [3.05, 3.63) is 29.8 Å². The second-order valence-corrected chi connectivity index (χ2v) is 3.08. The summed E-state index contributed by atoms with van der Waals surface area (Å²) in [4.78, 5) is 11.3. The van der Waals surface area contributed by atoms with Gasteiger partial charge in [-0.2, -0.15) is 0 Å². The predicted molar refractivity (Wildman–Crippen MR) is 50.3 cm³/mol. The Kier molecular flexibility index (Phi) is 1.69. The van der Waals surface area contributed by atoms with Crippen molar-refractivity contribution in [1.29, 1.82) is 0 Å². The zero-order valence-electron chi connectivity index (χ0n) is 6.24. The molecule has 0 saturated heterocycles. The van der Waals surface area contributed by atoms with Gasteiger partial charge >= 0.3 is 0 Å². The molecule has 1 aliphatic rings. The van der Waals surface area contributed by atoms with E-state index in [2.05, 4.69) is 23.3 Å². The average Bonchev–Trinajstić information content (AvgIpc) is 2.04. The largest absolute Gasteiger partial charge is 0.356 e. The van der Waals surface area contributed by atoms with Crippen LogP contribution in [0.1, 0.15) is 10.4 Å². The SMILES string of the molecule is O=C1NC(S)Nc2ccccc21. The summed E-state index contributed by atoms with van der Waals surface area (Å²) in [5.74, 6) is -0.0793. The standard InChI is InChI=1S/C8H8N2OS/c11-7-5-3-1-2-4-6(5)9-8(12)10-7/h1-4,8-9,12H,(H,10,11). The van der Waals surface area contributed by atoms with Gasteiger partial charge in [-0.1, -0.05) is 12.1 Å². The van der Waals surface area contributed by atoms with E-state index in [0.717, 1.165) is 5.69 Å². The first-order valence-electron chi connectivity index (χ1n) is 3.62. The molecular weight excluding hydrogens is 172 g/mol. The Hall–Kier alpha value is -1.16. The highest BCUT2D eigenvalue weighted by atomic mass is 32.1. The molecule has 1 heterocycles. The van der Waals surface area contributed by atoms with Gasteiger partial charge in [-0.3, -0.25) is 4.79 Å². The molecule has 1 aliphatic heterocycles. The molecule has 3 nitrogen and oxygen atoms in total. The van der Waals surface area contributed by atoms with Crippen LogP contribution in [-0.2, 0) is 0 Å². The Bertz CT molecular complexity index is 327. The van der Waals surface area contributed by atoms with Crippen molar-refractivity contribution in [3.63, 3.8) is 0 Å². The number of thiol groups is 1. The molecule has 0 aromatic heterocycles. The van der Waals surface area contributed by atoms with Crippen LogP contribution in [0.2, 0.25) is 0 Å². The third kappa shape index (κ3) is 1.14. The lowest BCUT2D eigenvalue weighted by Gasteiger charge is -2.23. The van der Waals surface area contributed by atoms with E-state index in [0.29, 0.717) is 5.56 Å². The fraction of sp³-hybridized carbons (Fsp3) is 0.125. The van der Waals surface area contributed by atoms with Crippen LogP contribution in [0, 0.1) is 0 Å². The van der Waals surface area contributed by atoms with Crippen molar-refractivity contribution >= 4 is 24.2 Å². The average molecular weight is 180 g/mol. The quantitative estimate of drug-likeness (QED) is 0.522. The van der Waals surface area contributed by atoms with Gasteiger partial charge in [0.15, 0.2) is 0 Å². The van der Waals surface area contributed by atoms with E-state index in [1.165, 1.54) is 0 Å². The molecule has 0 aliphatic carbocycles. The van der Waals surface area contributed by atoms with E-state index in [9.17, 15) is 4.79 Å². The molecule has 12 heavy (non-hydrogen) atoms. The van der Waals surface area contributed by atoms with Crippen LogP contribution in [0.25, 0.3) is 0 Å². The van der Waals surface area contributed by atoms with Crippen molar-refractivity contribution in [3.8, 4) is 0 Å². The van der Waals surface area contributed by atoms with Gasteiger partial charge in [-0.25, -0.2) is 0 Å². The predicted octanol–water partition coefficient (Wildman–Crippen LogP) is 1.06. The van der Waals surface area contributed by atoms with Gasteiger partial charge in [0.2, 0.25) is 0 Å². The minimum absolute atomic E-state index is 0.0793. The zero-order chi connectivity index (χ0) is 8.55. The van der Waals surface area contributed by atoms with Gasteiger partial charge in [0.25, 0.3) is 5.91 Å². The monoisotopic (exact) mass is 180 g/mol. The molecular formula is C8H8N2OS. The zero-order valence-corrected chi connectivity index (χ0v) is 7.14. The second-order valence-electron chi connectivity index (χ2n) is 2.57. The lowest BCUT2D eigenvalue weighted by atomic mass is 10.1. The van der Waals surface area contributed by atoms with E-state index < -0.39 is 0 Å². The van der Waals surface area contributed by atoms with Crippen LogP contribution < -0.4 is 10.6 Å². The number of para-hydroxylation sites is 1. The smallest absolute Gasteiger partial charge is 0.255 e. The molecule has 62 valence electrons. The van der Waals surface area contributed by atoms with Crippen LogP contribution in [0.4, 0.5) is 5.69 Å². The van der Waals surface area contributed by atoms with Gasteiger partial charge in [-0.05, 0) is 12.1 Å². The maximum absolute atomic E-state index is 11.3. The third-order valence-electron chi connectivity index (χ3n) is 1.73. The van der Waals surface area contributed by atoms with E-state index in [4.69, 9.17) is 0 Å². The minimum atomic E-state index is -0.285. The second kappa shape index (κ2) is 2.71. The first kappa shape index (κ1) is 7.49. The molecule has 1 amide bonds. The van der Waals surface area contributed by atoms with Crippen LogP contribution in [0.5, 0.6) is 0 Å². The summed E-state index contributed by atoms with van der Waals surface area (Å²) in [6.07, 6.45) is 0. The fourth-order valence-corrected chi connectivity index (χ4v) is 1.45. The molecule has 0 radical (unpaired) electrons. The van der Waals surface area contributed by atoms with E-state index >= 15 is 0 Å². The Balaban J connectivity index is 2.47. The number of hydrogen-bond donors (Lipinski definition) is 3. The number of carbonyl (C=O) groups is 1. The van der Waals surface area contributed by atoms with Crippen LogP contribution in [0.3, 0.4) is 0 Å². The summed E-state index contributed by atoms with van der Waals surface area (Å²) in [5, 5.41) is 5.67. The van der Waals surface area contributed by atoms with Crippen LogP contribution in [-0.4, -0.2) is 11.4 Å². The van der Waals surface area contributed by atoms with Crippen LogP contribution >= 0.6 is 12.6 Å². The normalized spacial score (nSPS) is 20.8. The number of hydrogen-bond acceptors (Lipinski definition) is 3. The number of carbonyl (C=O) groups excluding carboxylic acids is 1. The van der Waals surface area contributed by atoms with Crippen molar-refractivity contribution in [1.82, 2.24) is 5.32 Å². The molecule has 1 aromatic carbocycles. The van der Waals surface area contributed by atoms with Crippen LogP contribution in [0.15, 0.2) is 24.3 Å². The summed E-state index contributed by atoms with van der Waals surface area (Å²) >= 11 is 4.10. The number of amides is 1. The number of anilines is 1. The summed E-state index contributed by atoms with van der Waals surface area (Å²) < 4.78 is 0. The Morgan fingerprint density at radius 1 is 1.25 bits per heavy atom. The van der Waals surface area contributed by atoms with Crippen molar-refractivity contribution in [2.75, 3.05) is 5.32 Å². The maximum atomic E-state index is 11.3. The summed E-state index contributed by atoms with van der Waals surface area (Å²) in [6, 6.07) is 7.35. The molecule has 1 aromatic rings. The maximum Gasteiger partial charge on any atom is 0.255 e.